The highest BCUT2D eigenvalue weighted by molar-refractivity contribution is 6.37. The van der Waals surface area contributed by atoms with E-state index >= 15 is 0 Å². The zero-order valence-corrected chi connectivity index (χ0v) is 33.6. The lowest BCUT2D eigenvalue weighted by molar-refractivity contribution is 0.567. The Balaban J connectivity index is 1.31. The molecule has 13 rings (SSSR count). The molecule has 0 aliphatic heterocycles. The van der Waals surface area contributed by atoms with E-state index in [4.69, 9.17) is 0 Å². The Hall–Kier alpha value is -6.78. The van der Waals surface area contributed by atoms with E-state index in [9.17, 15) is 0 Å². The van der Waals surface area contributed by atoms with Crippen LogP contribution in [0, 0.1) is 0 Å². The first kappa shape index (κ1) is 32.3. The molecule has 278 valence electrons. The maximum absolute atomic E-state index is 2.62. The van der Waals surface area contributed by atoms with E-state index in [0.29, 0.717) is 0 Å². The Kier molecular flexibility index (Phi) is 5.90. The highest BCUT2D eigenvalue weighted by Gasteiger charge is 2.31. The first-order valence-electron chi connectivity index (χ1n) is 20.6. The second kappa shape index (κ2) is 10.6. The molecule has 0 bridgehead atoms. The average Bonchev–Trinajstić information content (AvgIpc) is 4.05. The lowest BCUT2D eigenvalue weighted by atomic mass is 9.91. The van der Waals surface area contributed by atoms with Crippen molar-refractivity contribution in [1.82, 2.24) is 17.9 Å². The maximum Gasteiger partial charge on any atom is 0.0618 e. The summed E-state index contributed by atoms with van der Waals surface area (Å²) in [7, 11) is 0. The zero-order chi connectivity index (χ0) is 39.0. The number of fused-ring (bicyclic) bond motifs is 14. The third-order valence-corrected chi connectivity index (χ3v) is 13.1. The zero-order valence-electron chi connectivity index (χ0n) is 33.6. The Labute approximate surface area is 335 Å². The molecule has 0 saturated heterocycles. The van der Waals surface area contributed by atoms with Crippen molar-refractivity contribution in [3.8, 4) is 11.4 Å². The smallest absolute Gasteiger partial charge is 0.0618 e. The van der Waals surface area contributed by atoms with Gasteiger partial charge in [-0.15, -0.1) is 0 Å². The van der Waals surface area contributed by atoms with Crippen LogP contribution in [0.1, 0.15) is 52.9 Å². The topological polar surface area (TPSA) is 18.7 Å². The van der Waals surface area contributed by atoms with Crippen LogP contribution in [0.3, 0.4) is 0 Å². The maximum atomic E-state index is 2.62. The molecule has 0 radical (unpaired) electrons. The molecule has 4 nitrogen and oxygen atoms in total. The molecule has 6 heterocycles. The van der Waals surface area contributed by atoms with Gasteiger partial charge in [0.25, 0.3) is 0 Å². The van der Waals surface area contributed by atoms with Gasteiger partial charge in [-0.2, -0.15) is 0 Å². The summed E-state index contributed by atoms with van der Waals surface area (Å²) in [6, 6.07) is 54.7. The number of rotatable bonds is 2. The Morgan fingerprint density at radius 1 is 0.328 bits per heavy atom. The van der Waals surface area contributed by atoms with Gasteiger partial charge in [-0.1, -0.05) is 114 Å². The lowest BCUT2D eigenvalue weighted by Gasteiger charge is -2.19. The normalized spacial score (nSPS) is 13.3. The number of hydrogen-bond donors (Lipinski definition) is 0. The van der Waals surface area contributed by atoms with Gasteiger partial charge >= 0.3 is 0 Å². The Morgan fingerprint density at radius 2 is 0.724 bits per heavy atom. The van der Waals surface area contributed by atoms with Crippen LogP contribution in [-0.2, 0) is 10.8 Å². The molecule has 0 aliphatic carbocycles. The number of aromatic nitrogens is 4. The molecular weight excluding hydrogens is 705 g/mol. The summed E-state index contributed by atoms with van der Waals surface area (Å²) in [4.78, 5) is 0. The largest absolute Gasteiger partial charge is 0.312 e. The predicted octanol–water partition coefficient (Wildman–Crippen LogP) is 14.5. The van der Waals surface area contributed by atoms with Gasteiger partial charge in [-0.3, -0.25) is 0 Å². The van der Waals surface area contributed by atoms with E-state index in [2.05, 4.69) is 205 Å². The van der Waals surface area contributed by atoms with Crippen LogP contribution >= 0.6 is 0 Å². The fourth-order valence-electron chi connectivity index (χ4n) is 10.8. The van der Waals surface area contributed by atoms with Crippen molar-refractivity contribution in [3.05, 3.63) is 157 Å². The predicted molar refractivity (Wildman–Crippen MR) is 247 cm³/mol. The van der Waals surface area contributed by atoms with E-state index < -0.39 is 0 Å². The fraction of sp³-hybridized carbons (Fsp3) is 0.148. The van der Waals surface area contributed by atoms with Crippen LogP contribution in [0.15, 0.2) is 146 Å². The third-order valence-electron chi connectivity index (χ3n) is 13.1. The van der Waals surface area contributed by atoms with Crippen molar-refractivity contribution in [2.75, 3.05) is 0 Å². The minimum absolute atomic E-state index is 0.0793. The summed E-state index contributed by atoms with van der Waals surface area (Å²) in [6.45, 7) is 14.2. The van der Waals surface area contributed by atoms with Gasteiger partial charge in [-0.25, -0.2) is 0 Å². The fourth-order valence-corrected chi connectivity index (χ4v) is 10.8. The van der Waals surface area contributed by atoms with E-state index in [0.717, 1.165) is 0 Å². The van der Waals surface area contributed by atoms with Gasteiger partial charge in [0.2, 0.25) is 0 Å². The number of nitrogens with zero attached hydrogens (tertiary/aromatic N) is 4. The molecule has 0 N–H and O–H groups in total. The van der Waals surface area contributed by atoms with Crippen molar-refractivity contribution in [2.24, 2.45) is 0 Å². The Bertz CT molecular complexity index is 3580. The average molecular weight is 747 g/mol. The molecule has 7 aromatic carbocycles. The standard InChI is InChI=1S/C54H42N4/c1-53(2,3)45-27-31-25-43-47(35-21-13-15-23-39(35)55(43)33-17-9-7-10-18-33)49-37-29-38-42(30-41(37)57(45)51(31)49)58-46(54(4,5)6)28-32-26-44-48(50(38)52(32)58)36-22-14-16-24-40(36)56(44)34-19-11-8-12-20-34/h7-30H,1-6H3. The van der Waals surface area contributed by atoms with Crippen LogP contribution in [0.25, 0.3) is 109 Å². The van der Waals surface area contributed by atoms with Crippen LogP contribution < -0.4 is 0 Å². The van der Waals surface area contributed by atoms with Gasteiger partial charge in [0, 0.05) is 87.5 Å². The Morgan fingerprint density at radius 3 is 1.14 bits per heavy atom. The summed E-state index contributed by atoms with van der Waals surface area (Å²) < 4.78 is 10.2. The first-order chi connectivity index (χ1) is 28.1. The van der Waals surface area contributed by atoms with Gasteiger partial charge < -0.3 is 17.9 Å². The molecule has 0 amide bonds. The second-order valence-electron chi connectivity index (χ2n) is 18.7. The molecule has 0 aliphatic rings. The minimum atomic E-state index is -0.0793. The molecule has 58 heavy (non-hydrogen) atoms. The molecule has 6 aromatic heterocycles. The number of para-hydroxylation sites is 4. The van der Waals surface area contributed by atoms with Gasteiger partial charge in [0.05, 0.1) is 44.1 Å². The molecule has 4 heteroatoms. The summed E-state index contributed by atoms with van der Waals surface area (Å²) in [5.41, 5.74) is 15.0. The minimum Gasteiger partial charge on any atom is -0.312 e. The SMILES string of the molecule is CC(C)(C)c1cc2cc3c(c4ccccc4n3-c3ccccc3)c3c4cc5c6c7c8ccccc8n(-c8ccccc8)c7cc7cc(C(C)(C)C)n(c5cc4n1c23)c76. The summed E-state index contributed by atoms with van der Waals surface area (Å²) in [6.07, 6.45) is 0. The number of hydrogen-bond acceptors (Lipinski definition) is 0. The molecule has 0 atom stereocenters. The molecule has 0 saturated carbocycles. The van der Waals surface area contributed by atoms with Gasteiger partial charge in [-0.05, 0) is 72.8 Å². The van der Waals surface area contributed by atoms with Crippen molar-refractivity contribution in [3.63, 3.8) is 0 Å². The van der Waals surface area contributed by atoms with Crippen LogP contribution in [-0.4, -0.2) is 17.9 Å². The third kappa shape index (κ3) is 3.90. The molecule has 13 aromatic rings. The summed E-state index contributed by atoms with van der Waals surface area (Å²) in [5.74, 6) is 0. The molecule has 0 unspecified atom stereocenters. The van der Waals surface area contributed by atoms with E-state index in [1.165, 1.54) is 121 Å². The highest BCUT2D eigenvalue weighted by atomic mass is 15.0. The quantitative estimate of drug-likeness (QED) is 0.168. The van der Waals surface area contributed by atoms with E-state index in [1.54, 1.807) is 0 Å². The molecule has 0 fully saturated rings. The lowest BCUT2D eigenvalue weighted by Crippen LogP contribution is -2.14. The van der Waals surface area contributed by atoms with E-state index in [-0.39, 0.29) is 10.8 Å². The van der Waals surface area contributed by atoms with Gasteiger partial charge in [0.15, 0.2) is 0 Å². The van der Waals surface area contributed by atoms with Crippen molar-refractivity contribution in [1.29, 1.82) is 0 Å². The van der Waals surface area contributed by atoms with Crippen LogP contribution in [0.5, 0.6) is 0 Å². The van der Waals surface area contributed by atoms with Crippen molar-refractivity contribution < 1.29 is 0 Å². The van der Waals surface area contributed by atoms with E-state index in [1.807, 2.05) is 0 Å². The molecular formula is C54H42N4. The highest BCUT2D eigenvalue weighted by Crippen LogP contribution is 2.50. The van der Waals surface area contributed by atoms with Crippen molar-refractivity contribution >= 4 is 98.0 Å². The van der Waals surface area contributed by atoms with Crippen LogP contribution in [0.2, 0.25) is 0 Å². The van der Waals surface area contributed by atoms with Crippen LogP contribution in [0.4, 0.5) is 0 Å². The van der Waals surface area contributed by atoms with Crippen molar-refractivity contribution in [2.45, 2.75) is 52.4 Å². The first-order valence-corrected chi connectivity index (χ1v) is 20.6. The number of benzene rings is 7. The summed E-state index contributed by atoms with van der Waals surface area (Å²) in [5, 5.41) is 13.1. The van der Waals surface area contributed by atoms with Gasteiger partial charge in [0.1, 0.15) is 0 Å². The molecule has 0 spiro atoms. The monoisotopic (exact) mass is 746 g/mol. The summed E-state index contributed by atoms with van der Waals surface area (Å²) >= 11 is 0. The second-order valence-corrected chi connectivity index (χ2v) is 18.7.